The van der Waals surface area contributed by atoms with Crippen molar-refractivity contribution < 1.29 is 14.3 Å². The van der Waals surface area contributed by atoms with Crippen molar-refractivity contribution in [3.63, 3.8) is 0 Å². The number of carbonyl (C=O) groups is 1. The van der Waals surface area contributed by atoms with Gasteiger partial charge in [-0.05, 0) is 32.8 Å². The van der Waals surface area contributed by atoms with Crippen LogP contribution in [0.3, 0.4) is 0 Å². The van der Waals surface area contributed by atoms with E-state index in [0.29, 0.717) is 18.4 Å². The van der Waals surface area contributed by atoms with Crippen LogP contribution in [-0.2, 0) is 10.2 Å². The minimum atomic E-state index is -0.794. The van der Waals surface area contributed by atoms with Gasteiger partial charge >= 0.3 is 0 Å². The van der Waals surface area contributed by atoms with Gasteiger partial charge in [0.25, 0.3) is 0 Å². The number of aliphatic hydroxyl groups excluding tert-OH is 1. The highest BCUT2D eigenvalue weighted by molar-refractivity contribution is 5.89. The third kappa shape index (κ3) is 2.70. The van der Waals surface area contributed by atoms with Crippen molar-refractivity contribution >= 4 is 5.91 Å². The Morgan fingerprint density at radius 3 is 2.50 bits per heavy atom. The maximum absolute atomic E-state index is 14.1. The van der Waals surface area contributed by atoms with E-state index in [1.807, 2.05) is 0 Å². The van der Waals surface area contributed by atoms with Crippen LogP contribution in [0.25, 0.3) is 0 Å². The normalized spacial score (nSPS) is 18.0. The molecule has 1 saturated carbocycles. The lowest BCUT2D eigenvalue weighted by molar-refractivity contribution is -0.129. The number of halogens is 1. The number of benzene rings is 1. The summed E-state index contributed by atoms with van der Waals surface area (Å²) in [7, 11) is 0. The molecule has 3 nitrogen and oxygen atoms in total. The first-order chi connectivity index (χ1) is 9.41. The summed E-state index contributed by atoms with van der Waals surface area (Å²) >= 11 is 0. The summed E-state index contributed by atoms with van der Waals surface area (Å²) in [4.78, 5) is 12.7. The van der Waals surface area contributed by atoms with Crippen molar-refractivity contribution in [3.05, 3.63) is 35.6 Å². The zero-order chi connectivity index (χ0) is 14.8. The van der Waals surface area contributed by atoms with Gasteiger partial charge in [0.15, 0.2) is 0 Å². The van der Waals surface area contributed by atoms with E-state index in [9.17, 15) is 14.3 Å². The second-order valence-electron chi connectivity index (χ2n) is 6.27. The minimum absolute atomic E-state index is 0.147. The Balaban J connectivity index is 2.36. The molecular weight excluding hydrogens is 257 g/mol. The molecule has 1 amide bonds. The molecule has 0 saturated heterocycles. The standard InChI is InChI=1S/C16H22FNO2/c1-15(2,11-19)18-14(20)16(9-5-6-10-16)12-7-3-4-8-13(12)17/h3-4,7-8,19H,5-6,9-11H2,1-2H3,(H,18,20). The average Bonchev–Trinajstić information content (AvgIpc) is 2.89. The third-order valence-corrected chi connectivity index (χ3v) is 4.13. The van der Waals surface area contributed by atoms with Gasteiger partial charge in [0.05, 0.1) is 17.6 Å². The smallest absolute Gasteiger partial charge is 0.231 e. The van der Waals surface area contributed by atoms with Crippen LogP contribution < -0.4 is 5.32 Å². The molecule has 0 bridgehead atoms. The van der Waals surface area contributed by atoms with E-state index < -0.39 is 11.0 Å². The van der Waals surface area contributed by atoms with E-state index >= 15 is 0 Å². The zero-order valence-corrected chi connectivity index (χ0v) is 12.1. The van der Waals surface area contributed by atoms with Crippen LogP contribution in [0.15, 0.2) is 24.3 Å². The first kappa shape index (κ1) is 15.0. The third-order valence-electron chi connectivity index (χ3n) is 4.13. The van der Waals surface area contributed by atoms with Crippen LogP contribution in [0.2, 0.25) is 0 Å². The number of hydrogen-bond donors (Lipinski definition) is 2. The zero-order valence-electron chi connectivity index (χ0n) is 12.1. The summed E-state index contributed by atoms with van der Waals surface area (Å²) in [6, 6.07) is 6.51. The van der Waals surface area contributed by atoms with Crippen LogP contribution >= 0.6 is 0 Å². The molecule has 0 aromatic heterocycles. The van der Waals surface area contributed by atoms with Crippen LogP contribution in [0.4, 0.5) is 4.39 Å². The highest BCUT2D eigenvalue weighted by Gasteiger charge is 2.45. The Morgan fingerprint density at radius 1 is 1.35 bits per heavy atom. The molecule has 2 rings (SSSR count). The number of amides is 1. The van der Waals surface area contributed by atoms with Crippen LogP contribution in [0.1, 0.15) is 45.1 Å². The molecular formula is C16H22FNO2. The SMILES string of the molecule is CC(C)(CO)NC(=O)C1(c2ccccc2F)CCCC1. The predicted molar refractivity (Wildman–Crippen MR) is 75.9 cm³/mol. The van der Waals surface area contributed by atoms with Gasteiger partial charge in [0.2, 0.25) is 5.91 Å². The Bertz CT molecular complexity index is 493. The number of hydrogen-bond acceptors (Lipinski definition) is 2. The van der Waals surface area contributed by atoms with Crippen molar-refractivity contribution in [2.24, 2.45) is 0 Å². The number of aliphatic hydroxyl groups is 1. The Labute approximate surface area is 119 Å². The lowest BCUT2D eigenvalue weighted by atomic mass is 9.77. The van der Waals surface area contributed by atoms with Gasteiger partial charge in [0, 0.05) is 5.56 Å². The molecule has 1 aliphatic rings. The van der Waals surface area contributed by atoms with Gasteiger partial charge in [-0.3, -0.25) is 4.79 Å². The van der Waals surface area contributed by atoms with E-state index in [1.165, 1.54) is 6.07 Å². The van der Waals surface area contributed by atoms with Crippen LogP contribution in [-0.4, -0.2) is 23.2 Å². The fourth-order valence-electron chi connectivity index (χ4n) is 2.91. The lowest BCUT2D eigenvalue weighted by Crippen LogP contribution is -2.53. The van der Waals surface area contributed by atoms with Crippen molar-refractivity contribution in [2.75, 3.05) is 6.61 Å². The largest absolute Gasteiger partial charge is 0.394 e. The number of nitrogens with one attached hydrogen (secondary N) is 1. The molecule has 0 radical (unpaired) electrons. The van der Waals surface area contributed by atoms with E-state index in [0.717, 1.165) is 12.8 Å². The summed E-state index contributed by atoms with van der Waals surface area (Å²) in [5.74, 6) is -0.509. The quantitative estimate of drug-likeness (QED) is 0.889. The summed E-state index contributed by atoms with van der Waals surface area (Å²) in [5.41, 5.74) is -1.01. The molecule has 1 aromatic rings. The fourth-order valence-corrected chi connectivity index (χ4v) is 2.91. The molecule has 0 unspecified atom stereocenters. The molecule has 1 aromatic carbocycles. The molecule has 1 fully saturated rings. The second kappa shape index (κ2) is 5.52. The van der Waals surface area contributed by atoms with Gasteiger partial charge in [-0.25, -0.2) is 4.39 Å². The molecule has 0 atom stereocenters. The second-order valence-corrected chi connectivity index (χ2v) is 6.27. The Hall–Kier alpha value is -1.42. The first-order valence-electron chi connectivity index (χ1n) is 7.10. The van der Waals surface area contributed by atoms with Crippen molar-refractivity contribution in [1.29, 1.82) is 0 Å². The average molecular weight is 279 g/mol. The lowest BCUT2D eigenvalue weighted by Gasteiger charge is -2.33. The first-order valence-corrected chi connectivity index (χ1v) is 7.10. The molecule has 0 spiro atoms. The number of carbonyl (C=O) groups excluding carboxylic acids is 1. The number of rotatable bonds is 4. The Morgan fingerprint density at radius 2 is 1.95 bits per heavy atom. The highest BCUT2D eigenvalue weighted by Crippen LogP contribution is 2.42. The summed E-state index contributed by atoms with van der Waals surface area (Å²) in [5, 5.41) is 12.2. The maximum atomic E-state index is 14.1. The topological polar surface area (TPSA) is 49.3 Å². The molecule has 0 aliphatic heterocycles. The summed E-state index contributed by atoms with van der Waals surface area (Å²) < 4.78 is 14.1. The summed E-state index contributed by atoms with van der Waals surface area (Å²) in [6.45, 7) is 3.37. The van der Waals surface area contributed by atoms with Crippen molar-refractivity contribution in [2.45, 2.75) is 50.5 Å². The Kier molecular flexibility index (Phi) is 4.14. The van der Waals surface area contributed by atoms with Gasteiger partial charge in [-0.15, -0.1) is 0 Å². The van der Waals surface area contributed by atoms with Gasteiger partial charge < -0.3 is 10.4 Å². The fraction of sp³-hybridized carbons (Fsp3) is 0.562. The van der Waals surface area contributed by atoms with E-state index in [4.69, 9.17) is 0 Å². The monoisotopic (exact) mass is 279 g/mol. The van der Waals surface area contributed by atoms with E-state index in [1.54, 1.807) is 32.0 Å². The van der Waals surface area contributed by atoms with Crippen LogP contribution in [0, 0.1) is 5.82 Å². The van der Waals surface area contributed by atoms with Crippen molar-refractivity contribution in [3.8, 4) is 0 Å². The molecule has 1 aliphatic carbocycles. The predicted octanol–water partition coefficient (Wildman–Crippen LogP) is 2.52. The van der Waals surface area contributed by atoms with Gasteiger partial charge in [0.1, 0.15) is 5.82 Å². The molecule has 0 heterocycles. The summed E-state index contributed by atoms with van der Waals surface area (Å²) in [6.07, 6.45) is 3.14. The molecule has 2 N–H and O–H groups in total. The van der Waals surface area contributed by atoms with E-state index in [-0.39, 0.29) is 18.3 Å². The minimum Gasteiger partial charge on any atom is -0.394 e. The maximum Gasteiger partial charge on any atom is 0.231 e. The molecule has 20 heavy (non-hydrogen) atoms. The van der Waals surface area contributed by atoms with Gasteiger partial charge in [-0.2, -0.15) is 0 Å². The molecule has 4 heteroatoms. The molecule has 110 valence electrons. The van der Waals surface area contributed by atoms with E-state index in [2.05, 4.69) is 5.32 Å². The highest BCUT2D eigenvalue weighted by atomic mass is 19.1. The van der Waals surface area contributed by atoms with Crippen LogP contribution in [0.5, 0.6) is 0 Å². The van der Waals surface area contributed by atoms with Crippen molar-refractivity contribution in [1.82, 2.24) is 5.32 Å². The van der Waals surface area contributed by atoms with Gasteiger partial charge in [-0.1, -0.05) is 31.0 Å².